The Morgan fingerprint density at radius 1 is 1.41 bits per heavy atom. The van der Waals surface area contributed by atoms with E-state index in [0.29, 0.717) is 11.8 Å². The monoisotopic (exact) mass is 257 g/mol. The Morgan fingerprint density at radius 3 is 2.82 bits per heavy atom. The van der Waals surface area contributed by atoms with Crippen LogP contribution in [0.5, 0.6) is 0 Å². The van der Waals surface area contributed by atoms with Crippen molar-refractivity contribution in [3.8, 4) is 0 Å². The molecular weight excluding hydrogens is 238 g/mol. The van der Waals surface area contributed by atoms with Crippen molar-refractivity contribution in [1.82, 2.24) is 9.97 Å². The first-order valence-electron chi connectivity index (χ1n) is 6.00. The molecule has 0 atom stereocenters. The molecule has 17 heavy (non-hydrogen) atoms. The van der Waals surface area contributed by atoms with Crippen LogP contribution in [0.1, 0.15) is 33.0 Å². The van der Waals surface area contributed by atoms with E-state index in [4.69, 9.17) is 16.3 Å². The molecule has 0 fully saturated rings. The lowest BCUT2D eigenvalue weighted by Gasteiger charge is -2.10. The number of anilines is 1. The van der Waals surface area contributed by atoms with Crippen molar-refractivity contribution in [2.45, 2.75) is 39.7 Å². The van der Waals surface area contributed by atoms with Gasteiger partial charge in [-0.1, -0.05) is 18.5 Å². The molecule has 0 amide bonds. The highest BCUT2D eigenvalue weighted by Gasteiger charge is 2.02. The van der Waals surface area contributed by atoms with Crippen molar-refractivity contribution in [2.24, 2.45) is 0 Å². The number of aromatic nitrogens is 2. The second kappa shape index (κ2) is 7.45. The molecule has 0 aliphatic carbocycles. The van der Waals surface area contributed by atoms with Gasteiger partial charge < -0.3 is 10.1 Å². The zero-order chi connectivity index (χ0) is 12.7. The number of aryl methyl sites for hydroxylation is 1. The van der Waals surface area contributed by atoms with Crippen LogP contribution < -0.4 is 5.32 Å². The maximum Gasteiger partial charge on any atom is 0.134 e. The first-order valence-corrected chi connectivity index (χ1v) is 6.38. The number of nitrogens with zero attached hydrogens (tertiary/aromatic N) is 2. The standard InChI is InChI=1S/C12H20ClN3O/c1-4-5-11-15-10(13)8-12(16-11)14-6-7-17-9(2)3/h8-9H,4-7H2,1-3H3,(H,14,15,16). The third-order valence-electron chi connectivity index (χ3n) is 2.07. The predicted molar refractivity (Wildman–Crippen MR) is 70.6 cm³/mol. The van der Waals surface area contributed by atoms with Gasteiger partial charge in [-0.15, -0.1) is 0 Å². The third kappa shape index (κ3) is 5.84. The molecule has 0 saturated carbocycles. The van der Waals surface area contributed by atoms with Gasteiger partial charge in [0.05, 0.1) is 12.7 Å². The third-order valence-corrected chi connectivity index (χ3v) is 2.27. The number of halogens is 1. The average molecular weight is 258 g/mol. The Bertz CT molecular complexity index is 345. The molecule has 1 rings (SSSR count). The number of rotatable bonds is 7. The minimum absolute atomic E-state index is 0.251. The Balaban J connectivity index is 2.46. The van der Waals surface area contributed by atoms with Crippen LogP contribution in [-0.2, 0) is 11.2 Å². The Hall–Kier alpha value is -0.870. The number of nitrogens with one attached hydrogen (secondary N) is 1. The molecule has 1 N–H and O–H groups in total. The molecule has 5 heteroatoms. The van der Waals surface area contributed by atoms with Gasteiger partial charge in [0.1, 0.15) is 16.8 Å². The average Bonchev–Trinajstić information content (AvgIpc) is 2.24. The van der Waals surface area contributed by atoms with Gasteiger partial charge in [0.2, 0.25) is 0 Å². The summed E-state index contributed by atoms with van der Waals surface area (Å²) in [5.41, 5.74) is 0. The second-order valence-electron chi connectivity index (χ2n) is 4.09. The molecule has 0 saturated heterocycles. The summed E-state index contributed by atoms with van der Waals surface area (Å²) in [7, 11) is 0. The van der Waals surface area contributed by atoms with Crippen molar-refractivity contribution >= 4 is 17.4 Å². The van der Waals surface area contributed by atoms with Crippen LogP contribution in [0.25, 0.3) is 0 Å². The SMILES string of the molecule is CCCc1nc(Cl)cc(NCCOC(C)C)n1. The lowest BCUT2D eigenvalue weighted by Crippen LogP contribution is -2.14. The van der Waals surface area contributed by atoms with Crippen molar-refractivity contribution < 1.29 is 4.74 Å². The van der Waals surface area contributed by atoms with E-state index in [1.54, 1.807) is 6.07 Å². The zero-order valence-corrected chi connectivity index (χ0v) is 11.4. The van der Waals surface area contributed by atoms with Crippen molar-refractivity contribution in [1.29, 1.82) is 0 Å². The molecule has 1 heterocycles. The van der Waals surface area contributed by atoms with Crippen LogP contribution in [0.15, 0.2) is 6.07 Å². The van der Waals surface area contributed by atoms with Crippen LogP contribution >= 0.6 is 11.6 Å². The fraction of sp³-hybridized carbons (Fsp3) is 0.667. The molecule has 0 spiro atoms. The molecule has 0 bridgehead atoms. The second-order valence-corrected chi connectivity index (χ2v) is 4.48. The van der Waals surface area contributed by atoms with Crippen molar-refractivity contribution in [3.05, 3.63) is 17.0 Å². The summed E-state index contributed by atoms with van der Waals surface area (Å²) in [6.07, 6.45) is 2.11. The fourth-order valence-electron chi connectivity index (χ4n) is 1.36. The van der Waals surface area contributed by atoms with Crippen LogP contribution in [0.4, 0.5) is 5.82 Å². The van der Waals surface area contributed by atoms with Crippen molar-refractivity contribution in [2.75, 3.05) is 18.5 Å². The van der Waals surface area contributed by atoms with Gasteiger partial charge in [0, 0.05) is 19.0 Å². The lowest BCUT2D eigenvalue weighted by atomic mass is 10.3. The van der Waals surface area contributed by atoms with Gasteiger partial charge in [-0.25, -0.2) is 9.97 Å². The van der Waals surface area contributed by atoms with E-state index in [-0.39, 0.29) is 6.10 Å². The molecule has 96 valence electrons. The normalized spacial score (nSPS) is 10.9. The molecule has 0 aromatic carbocycles. The van der Waals surface area contributed by atoms with Crippen LogP contribution in [-0.4, -0.2) is 29.2 Å². The molecule has 0 radical (unpaired) electrons. The number of hydrogen-bond donors (Lipinski definition) is 1. The smallest absolute Gasteiger partial charge is 0.134 e. The summed E-state index contributed by atoms with van der Waals surface area (Å²) < 4.78 is 5.43. The molecule has 0 unspecified atom stereocenters. The van der Waals surface area contributed by atoms with E-state index in [9.17, 15) is 0 Å². The number of hydrogen-bond acceptors (Lipinski definition) is 4. The summed E-state index contributed by atoms with van der Waals surface area (Å²) in [5, 5.41) is 3.66. The first kappa shape index (κ1) is 14.2. The van der Waals surface area contributed by atoms with E-state index >= 15 is 0 Å². The summed E-state index contributed by atoms with van der Waals surface area (Å²) in [4.78, 5) is 8.54. The topological polar surface area (TPSA) is 47.0 Å². The van der Waals surface area contributed by atoms with Crippen LogP contribution in [0.2, 0.25) is 5.15 Å². The maximum absolute atomic E-state index is 5.93. The van der Waals surface area contributed by atoms with Gasteiger partial charge in [0.25, 0.3) is 0 Å². The molecule has 1 aromatic heterocycles. The summed E-state index contributed by atoms with van der Waals surface area (Å²) >= 11 is 5.93. The summed E-state index contributed by atoms with van der Waals surface area (Å²) in [6, 6.07) is 1.73. The minimum atomic E-state index is 0.251. The summed E-state index contributed by atoms with van der Waals surface area (Å²) in [5.74, 6) is 1.55. The van der Waals surface area contributed by atoms with E-state index in [1.165, 1.54) is 0 Å². The van der Waals surface area contributed by atoms with Gasteiger partial charge in [-0.05, 0) is 20.3 Å². The van der Waals surface area contributed by atoms with E-state index in [1.807, 2.05) is 13.8 Å². The predicted octanol–water partition coefficient (Wildman–Crippen LogP) is 2.92. The highest BCUT2D eigenvalue weighted by atomic mass is 35.5. The molecule has 0 aliphatic heterocycles. The zero-order valence-electron chi connectivity index (χ0n) is 10.7. The first-order chi connectivity index (χ1) is 8.11. The molecule has 1 aromatic rings. The van der Waals surface area contributed by atoms with Gasteiger partial charge in [-0.3, -0.25) is 0 Å². The van der Waals surface area contributed by atoms with Gasteiger partial charge in [-0.2, -0.15) is 0 Å². The fourth-order valence-corrected chi connectivity index (χ4v) is 1.57. The van der Waals surface area contributed by atoms with E-state index < -0.39 is 0 Å². The summed E-state index contributed by atoms with van der Waals surface area (Å²) in [6.45, 7) is 7.50. The Morgan fingerprint density at radius 2 is 2.18 bits per heavy atom. The quantitative estimate of drug-likeness (QED) is 0.603. The Labute approximate surface area is 108 Å². The number of ether oxygens (including phenoxy) is 1. The maximum atomic E-state index is 5.93. The highest BCUT2D eigenvalue weighted by Crippen LogP contribution is 2.12. The lowest BCUT2D eigenvalue weighted by molar-refractivity contribution is 0.0870. The van der Waals surface area contributed by atoms with Gasteiger partial charge >= 0.3 is 0 Å². The molecule has 0 aliphatic rings. The van der Waals surface area contributed by atoms with E-state index in [2.05, 4.69) is 22.2 Å². The van der Waals surface area contributed by atoms with E-state index in [0.717, 1.165) is 31.0 Å². The van der Waals surface area contributed by atoms with Crippen LogP contribution in [0, 0.1) is 0 Å². The largest absolute Gasteiger partial charge is 0.377 e. The minimum Gasteiger partial charge on any atom is -0.377 e. The van der Waals surface area contributed by atoms with Gasteiger partial charge in [0.15, 0.2) is 0 Å². The molecular formula is C12H20ClN3O. The van der Waals surface area contributed by atoms with Crippen LogP contribution in [0.3, 0.4) is 0 Å². The Kier molecular flexibility index (Phi) is 6.22. The highest BCUT2D eigenvalue weighted by molar-refractivity contribution is 6.29. The van der Waals surface area contributed by atoms with Crippen molar-refractivity contribution in [3.63, 3.8) is 0 Å². The molecule has 4 nitrogen and oxygen atoms in total.